The number of rotatable bonds is 2. The molecule has 5 heteroatoms. The maximum absolute atomic E-state index is 12.2. The minimum absolute atomic E-state index is 0.0586. The highest BCUT2D eigenvalue weighted by Gasteiger charge is 2.29. The van der Waals surface area contributed by atoms with Crippen molar-refractivity contribution in [1.29, 1.82) is 0 Å². The van der Waals surface area contributed by atoms with Crippen molar-refractivity contribution in [2.45, 2.75) is 26.4 Å². The fraction of sp³-hybridized carbons (Fsp3) is 0.636. The molecule has 0 aromatic carbocycles. The van der Waals surface area contributed by atoms with Crippen LogP contribution in [-0.2, 0) is 4.74 Å². The second-order valence-electron chi connectivity index (χ2n) is 4.21. The molecule has 0 aliphatic carbocycles. The van der Waals surface area contributed by atoms with E-state index >= 15 is 0 Å². The molecule has 1 aliphatic heterocycles. The summed E-state index contributed by atoms with van der Waals surface area (Å²) in [5, 5.41) is 6.88. The van der Waals surface area contributed by atoms with Gasteiger partial charge in [0.25, 0.3) is 5.91 Å². The van der Waals surface area contributed by atoms with Crippen molar-refractivity contribution in [3.63, 3.8) is 0 Å². The summed E-state index contributed by atoms with van der Waals surface area (Å²) in [7, 11) is 1.69. The Balaban J connectivity index is 2.15. The van der Waals surface area contributed by atoms with Crippen LogP contribution in [0.4, 0.5) is 0 Å². The Morgan fingerprint density at radius 3 is 2.81 bits per heavy atom. The summed E-state index contributed by atoms with van der Waals surface area (Å²) in [6.45, 7) is 5.17. The van der Waals surface area contributed by atoms with Crippen molar-refractivity contribution < 1.29 is 9.53 Å². The minimum atomic E-state index is 0.0586. The van der Waals surface area contributed by atoms with E-state index in [-0.39, 0.29) is 12.0 Å². The molecule has 1 aromatic rings. The molecule has 0 saturated carbocycles. The van der Waals surface area contributed by atoms with E-state index in [1.807, 2.05) is 18.7 Å². The molecule has 2 heterocycles. The monoisotopic (exact) mass is 223 g/mol. The smallest absolute Gasteiger partial charge is 0.257 e. The van der Waals surface area contributed by atoms with Crippen LogP contribution in [0.15, 0.2) is 0 Å². The molecule has 1 saturated heterocycles. The highest BCUT2D eigenvalue weighted by molar-refractivity contribution is 5.96. The SMILES string of the molecule is COC1CCN(C(=O)c2c(C)n[nH]c2C)C1. The average Bonchev–Trinajstić information content (AvgIpc) is 2.85. The molecule has 1 unspecified atom stereocenters. The third-order valence-corrected chi connectivity index (χ3v) is 3.11. The van der Waals surface area contributed by atoms with Gasteiger partial charge in [0.2, 0.25) is 0 Å². The summed E-state index contributed by atoms with van der Waals surface area (Å²) in [4.78, 5) is 14.1. The van der Waals surface area contributed by atoms with Gasteiger partial charge < -0.3 is 9.64 Å². The van der Waals surface area contributed by atoms with Crippen LogP contribution in [0.2, 0.25) is 0 Å². The number of H-pyrrole nitrogens is 1. The number of carbonyl (C=O) groups is 1. The summed E-state index contributed by atoms with van der Waals surface area (Å²) < 4.78 is 5.25. The van der Waals surface area contributed by atoms with Gasteiger partial charge in [-0.3, -0.25) is 9.89 Å². The van der Waals surface area contributed by atoms with E-state index in [9.17, 15) is 4.79 Å². The molecule has 16 heavy (non-hydrogen) atoms. The standard InChI is InChI=1S/C11H17N3O2/c1-7-10(8(2)13-12-7)11(15)14-5-4-9(6-14)16-3/h9H,4-6H2,1-3H3,(H,12,13). The third-order valence-electron chi connectivity index (χ3n) is 3.11. The summed E-state index contributed by atoms with van der Waals surface area (Å²) in [6, 6.07) is 0. The van der Waals surface area contributed by atoms with Crippen LogP contribution in [0.5, 0.6) is 0 Å². The fourth-order valence-corrected chi connectivity index (χ4v) is 2.13. The maximum atomic E-state index is 12.2. The number of likely N-dealkylation sites (tertiary alicyclic amines) is 1. The van der Waals surface area contributed by atoms with Crippen LogP contribution in [0, 0.1) is 13.8 Å². The Morgan fingerprint density at radius 2 is 2.31 bits per heavy atom. The van der Waals surface area contributed by atoms with Crippen LogP contribution in [-0.4, -0.2) is 47.3 Å². The van der Waals surface area contributed by atoms with Gasteiger partial charge >= 0.3 is 0 Å². The van der Waals surface area contributed by atoms with E-state index in [0.717, 1.165) is 24.4 Å². The number of methoxy groups -OCH3 is 1. The summed E-state index contributed by atoms with van der Waals surface area (Å²) >= 11 is 0. The van der Waals surface area contributed by atoms with Gasteiger partial charge in [-0.15, -0.1) is 0 Å². The Bertz CT molecular complexity index is 380. The van der Waals surface area contributed by atoms with Crippen LogP contribution in [0.3, 0.4) is 0 Å². The highest BCUT2D eigenvalue weighted by atomic mass is 16.5. The molecule has 1 aliphatic rings. The number of amides is 1. The van der Waals surface area contributed by atoms with Gasteiger partial charge in [-0.05, 0) is 20.3 Å². The first-order valence-electron chi connectivity index (χ1n) is 5.47. The molecule has 1 atom stereocenters. The van der Waals surface area contributed by atoms with Crippen molar-refractivity contribution in [2.75, 3.05) is 20.2 Å². The normalized spacial score (nSPS) is 20.4. The van der Waals surface area contributed by atoms with Crippen LogP contribution in [0.25, 0.3) is 0 Å². The Kier molecular flexibility index (Phi) is 2.96. The van der Waals surface area contributed by atoms with Crippen LogP contribution in [0.1, 0.15) is 28.2 Å². The number of aromatic amines is 1. The lowest BCUT2D eigenvalue weighted by molar-refractivity contribution is 0.0723. The molecule has 0 spiro atoms. The summed E-state index contributed by atoms with van der Waals surface area (Å²) in [5.74, 6) is 0.0586. The molecule has 0 bridgehead atoms. The van der Waals surface area contributed by atoms with E-state index in [2.05, 4.69) is 10.2 Å². The van der Waals surface area contributed by atoms with Crippen molar-refractivity contribution in [3.05, 3.63) is 17.0 Å². The van der Waals surface area contributed by atoms with Gasteiger partial charge in [0.05, 0.1) is 17.4 Å². The molecule has 1 N–H and O–H groups in total. The molecule has 2 rings (SSSR count). The van der Waals surface area contributed by atoms with E-state index in [1.165, 1.54) is 0 Å². The lowest BCUT2D eigenvalue weighted by atomic mass is 10.2. The van der Waals surface area contributed by atoms with Gasteiger partial charge in [0, 0.05) is 25.9 Å². The first kappa shape index (κ1) is 11.1. The third kappa shape index (κ3) is 1.82. The first-order valence-corrected chi connectivity index (χ1v) is 5.47. The number of aryl methyl sites for hydroxylation is 2. The maximum Gasteiger partial charge on any atom is 0.257 e. The van der Waals surface area contributed by atoms with E-state index < -0.39 is 0 Å². The molecule has 1 amide bonds. The zero-order valence-corrected chi connectivity index (χ0v) is 9.91. The van der Waals surface area contributed by atoms with Gasteiger partial charge in [-0.1, -0.05) is 0 Å². The zero-order chi connectivity index (χ0) is 11.7. The Labute approximate surface area is 94.8 Å². The Hall–Kier alpha value is -1.36. The molecular formula is C11H17N3O2. The van der Waals surface area contributed by atoms with Gasteiger partial charge in [-0.25, -0.2) is 0 Å². The van der Waals surface area contributed by atoms with Crippen LogP contribution >= 0.6 is 0 Å². The number of carbonyl (C=O) groups excluding carboxylic acids is 1. The highest BCUT2D eigenvalue weighted by Crippen LogP contribution is 2.18. The zero-order valence-electron chi connectivity index (χ0n) is 9.91. The molecule has 0 radical (unpaired) electrons. The number of nitrogens with one attached hydrogen (secondary N) is 1. The predicted octanol–water partition coefficient (Wildman–Crippen LogP) is 0.887. The summed E-state index contributed by atoms with van der Waals surface area (Å²) in [6.07, 6.45) is 1.09. The van der Waals surface area contributed by atoms with Gasteiger partial charge in [0.15, 0.2) is 0 Å². The van der Waals surface area contributed by atoms with Crippen LogP contribution < -0.4 is 0 Å². The number of ether oxygens (including phenoxy) is 1. The number of hydrogen-bond donors (Lipinski definition) is 1. The fourth-order valence-electron chi connectivity index (χ4n) is 2.13. The summed E-state index contributed by atoms with van der Waals surface area (Å²) in [5.41, 5.74) is 2.31. The van der Waals surface area contributed by atoms with Crippen molar-refractivity contribution >= 4 is 5.91 Å². The lowest BCUT2D eigenvalue weighted by Crippen LogP contribution is -2.30. The second kappa shape index (κ2) is 4.25. The van der Waals surface area contributed by atoms with Crippen molar-refractivity contribution in [3.8, 4) is 0 Å². The largest absolute Gasteiger partial charge is 0.380 e. The van der Waals surface area contributed by atoms with E-state index in [4.69, 9.17) is 4.74 Å². The number of aromatic nitrogens is 2. The Morgan fingerprint density at radius 1 is 1.56 bits per heavy atom. The van der Waals surface area contributed by atoms with Crippen molar-refractivity contribution in [2.24, 2.45) is 0 Å². The minimum Gasteiger partial charge on any atom is -0.380 e. The predicted molar refractivity (Wildman–Crippen MR) is 59.4 cm³/mol. The first-order chi connectivity index (χ1) is 7.63. The molecular weight excluding hydrogens is 206 g/mol. The molecule has 5 nitrogen and oxygen atoms in total. The lowest BCUT2D eigenvalue weighted by Gasteiger charge is -2.16. The number of nitrogens with zero attached hydrogens (tertiary/aromatic N) is 2. The van der Waals surface area contributed by atoms with Gasteiger partial charge in [-0.2, -0.15) is 5.10 Å². The molecule has 88 valence electrons. The second-order valence-corrected chi connectivity index (χ2v) is 4.21. The van der Waals surface area contributed by atoms with E-state index in [0.29, 0.717) is 12.1 Å². The topological polar surface area (TPSA) is 58.2 Å². The van der Waals surface area contributed by atoms with Gasteiger partial charge in [0.1, 0.15) is 0 Å². The molecule has 1 aromatic heterocycles. The van der Waals surface area contributed by atoms with Crippen molar-refractivity contribution in [1.82, 2.24) is 15.1 Å². The quantitative estimate of drug-likeness (QED) is 0.810. The average molecular weight is 223 g/mol. The number of hydrogen-bond acceptors (Lipinski definition) is 3. The molecule has 1 fully saturated rings. The van der Waals surface area contributed by atoms with E-state index in [1.54, 1.807) is 7.11 Å².